The fourth-order valence-electron chi connectivity index (χ4n) is 4.32. The molecular weight excluding hydrogens is 500 g/mol. The smallest absolute Gasteiger partial charge is 0.267 e. The Morgan fingerprint density at radius 2 is 1.73 bits per heavy atom. The monoisotopic (exact) mass is 526 g/mol. The third-order valence-electron chi connectivity index (χ3n) is 6.32. The fraction of sp³-hybridized carbons (Fsp3) is 0.172. The minimum absolute atomic E-state index is 0.213. The summed E-state index contributed by atoms with van der Waals surface area (Å²) in [5, 5.41) is 3.33. The number of benzene rings is 2. The summed E-state index contributed by atoms with van der Waals surface area (Å²) in [6.07, 6.45) is 4.16. The number of hydrogen-bond acceptors (Lipinski definition) is 6. The molecule has 5 rings (SSSR count). The van der Waals surface area contributed by atoms with Crippen molar-refractivity contribution >= 4 is 51.7 Å². The van der Waals surface area contributed by atoms with Crippen LogP contribution in [0.1, 0.15) is 35.2 Å². The lowest BCUT2D eigenvalue weighted by atomic mass is 10.1. The number of anilines is 1. The number of rotatable bonds is 7. The number of thiocarbonyl (C=S) groups is 1. The first-order valence-electron chi connectivity index (χ1n) is 12.0. The number of nitrogens with one attached hydrogen (secondary N) is 1. The first kappa shape index (κ1) is 24.9. The van der Waals surface area contributed by atoms with Crippen LogP contribution in [0, 0.1) is 6.92 Å². The number of pyridine rings is 1. The molecule has 3 heterocycles. The Labute approximate surface area is 225 Å². The lowest BCUT2D eigenvalue weighted by Gasteiger charge is -2.23. The lowest BCUT2D eigenvalue weighted by molar-refractivity contribution is -0.123. The third kappa shape index (κ3) is 5.21. The van der Waals surface area contributed by atoms with E-state index in [1.54, 1.807) is 17.2 Å². The van der Waals surface area contributed by atoms with Crippen molar-refractivity contribution in [2.75, 3.05) is 11.9 Å². The third-order valence-corrected chi connectivity index (χ3v) is 7.65. The molecule has 37 heavy (non-hydrogen) atoms. The molecule has 2 aromatic heterocycles. The topological polar surface area (TPSA) is 66.7 Å². The molecule has 0 spiro atoms. The average Bonchev–Trinajstić information content (AvgIpc) is 3.19. The molecule has 6 nitrogen and oxygen atoms in total. The maximum Gasteiger partial charge on any atom is 0.267 e. The number of amides is 1. The molecule has 1 amide bonds. The molecule has 1 atom stereocenters. The highest BCUT2D eigenvalue weighted by molar-refractivity contribution is 8.26. The maximum absolute atomic E-state index is 13.6. The summed E-state index contributed by atoms with van der Waals surface area (Å²) < 4.78 is 1.99. The van der Waals surface area contributed by atoms with E-state index in [4.69, 9.17) is 17.2 Å². The van der Waals surface area contributed by atoms with Gasteiger partial charge in [0.05, 0.1) is 16.5 Å². The van der Waals surface area contributed by atoms with Gasteiger partial charge in [0.15, 0.2) is 0 Å². The van der Waals surface area contributed by atoms with Crippen LogP contribution in [0.2, 0.25) is 0 Å². The van der Waals surface area contributed by atoms with Gasteiger partial charge in [0.1, 0.15) is 15.8 Å². The second-order valence-electron chi connectivity index (χ2n) is 8.91. The standard InChI is InChI=1S/C29H26N4O2S2/c1-19-13-14-25-31-26(30-16-15-21-9-5-3-6-10-21)23(27(34)32(25)18-19)17-24-28(35)33(29(36)37-24)20(2)22-11-7-4-8-12-22/h3-14,17-18,20,30H,15-16H2,1-2H3. The number of aryl methyl sites for hydroxylation is 1. The van der Waals surface area contributed by atoms with Gasteiger partial charge in [-0.25, -0.2) is 4.98 Å². The number of carbonyl (C=O) groups excluding carboxylic acids is 1. The molecule has 1 aliphatic rings. The Morgan fingerprint density at radius 3 is 2.46 bits per heavy atom. The van der Waals surface area contributed by atoms with Crippen molar-refractivity contribution in [1.29, 1.82) is 0 Å². The molecule has 4 aromatic rings. The molecule has 1 aliphatic heterocycles. The molecular formula is C29H26N4O2S2. The van der Waals surface area contributed by atoms with Crippen molar-refractivity contribution in [3.63, 3.8) is 0 Å². The van der Waals surface area contributed by atoms with Crippen LogP contribution in [0.5, 0.6) is 0 Å². The predicted octanol–water partition coefficient (Wildman–Crippen LogP) is 5.62. The predicted molar refractivity (Wildman–Crippen MR) is 155 cm³/mol. The van der Waals surface area contributed by atoms with Crippen molar-refractivity contribution in [3.05, 3.63) is 117 Å². The Hall–Kier alpha value is -3.75. The van der Waals surface area contributed by atoms with E-state index in [9.17, 15) is 9.59 Å². The molecule has 1 unspecified atom stereocenters. The van der Waals surface area contributed by atoms with Gasteiger partial charge in [0.2, 0.25) is 0 Å². The van der Waals surface area contributed by atoms with Crippen LogP contribution in [0.3, 0.4) is 0 Å². The number of carbonyl (C=O) groups is 1. The summed E-state index contributed by atoms with van der Waals surface area (Å²) in [5.74, 6) is 0.237. The summed E-state index contributed by atoms with van der Waals surface area (Å²) in [5.41, 5.74) is 3.75. The van der Waals surface area contributed by atoms with Gasteiger partial charge in [-0.1, -0.05) is 90.7 Å². The molecule has 2 aromatic carbocycles. The van der Waals surface area contributed by atoms with Crippen LogP contribution in [0.15, 0.2) is 88.7 Å². The summed E-state index contributed by atoms with van der Waals surface area (Å²) >= 11 is 6.80. The highest BCUT2D eigenvalue weighted by atomic mass is 32.2. The number of fused-ring (bicyclic) bond motifs is 1. The summed E-state index contributed by atoms with van der Waals surface area (Å²) in [4.78, 5) is 33.8. The van der Waals surface area contributed by atoms with Crippen LogP contribution in [0.4, 0.5) is 5.82 Å². The van der Waals surface area contributed by atoms with Crippen LogP contribution < -0.4 is 10.9 Å². The van der Waals surface area contributed by atoms with Crippen molar-refractivity contribution in [1.82, 2.24) is 14.3 Å². The van der Waals surface area contributed by atoms with E-state index in [1.807, 2.05) is 74.5 Å². The van der Waals surface area contributed by atoms with E-state index < -0.39 is 0 Å². The normalized spacial score (nSPS) is 15.5. The second kappa shape index (κ2) is 10.7. The second-order valence-corrected chi connectivity index (χ2v) is 10.6. The number of aromatic nitrogens is 2. The molecule has 1 fully saturated rings. The van der Waals surface area contributed by atoms with Gasteiger partial charge in [0, 0.05) is 12.7 Å². The Bertz CT molecular complexity index is 1570. The van der Waals surface area contributed by atoms with E-state index in [2.05, 4.69) is 17.4 Å². The zero-order valence-corrected chi connectivity index (χ0v) is 22.2. The van der Waals surface area contributed by atoms with E-state index in [-0.39, 0.29) is 17.5 Å². The zero-order valence-electron chi connectivity index (χ0n) is 20.5. The molecule has 1 N–H and O–H groups in total. The van der Waals surface area contributed by atoms with Crippen molar-refractivity contribution in [2.24, 2.45) is 0 Å². The van der Waals surface area contributed by atoms with Gasteiger partial charge in [-0.3, -0.25) is 18.9 Å². The molecule has 1 saturated heterocycles. The summed E-state index contributed by atoms with van der Waals surface area (Å²) in [6.45, 7) is 4.47. The maximum atomic E-state index is 13.6. The molecule has 186 valence electrons. The van der Waals surface area contributed by atoms with Gasteiger partial charge in [-0.15, -0.1) is 0 Å². The van der Waals surface area contributed by atoms with E-state index >= 15 is 0 Å². The minimum atomic E-state index is -0.239. The molecule has 0 saturated carbocycles. The number of hydrogen-bond donors (Lipinski definition) is 1. The van der Waals surface area contributed by atoms with Crippen LogP contribution in [0.25, 0.3) is 11.7 Å². The average molecular weight is 527 g/mol. The zero-order chi connectivity index (χ0) is 25.9. The van der Waals surface area contributed by atoms with Crippen molar-refractivity contribution < 1.29 is 4.79 Å². The van der Waals surface area contributed by atoms with E-state index in [1.165, 1.54) is 21.7 Å². The van der Waals surface area contributed by atoms with Gasteiger partial charge < -0.3 is 5.32 Å². The van der Waals surface area contributed by atoms with Gasteiger partial charge >= 0.3 is 0 Å². The Balaban J connectivity index is 1.51. The summed E-state index contributed by atoms with van der Waals surface area (Å²) in [6, 6.07) is 23.4. The largest absolute Gasteiger partial charge is 0.369 e. The van der Waals surface area contributed by atoms with Crippen molar-refractivity contribution in [3.8, 4) is 0 Å². The minimum Gasteiger partial charge on any atom is -0.369 e. The highest BCUT2D eigenvalue weighted by Gasteiger charge is 2.36. The number of nitrogens with zero attached hydrogens (tertiary/aromatic N) is 3. The van der Waals surface area contributed by atoms with E-state index in [0.717, 1.165) is 17.5 Å². The lowest BCUT2D eigenvalue weighted by Crippen LogP contribution is -2.31. The quantitative estimate of drug-likeness (QED) is 0.249. The molecule has 8 heteroatoms. The highest BCUT2D eigenvalue weighted by Crippen LogP contribution is 2.38. The fourth-order valence-corrected chi connectivity index (χ4v) is 5.72. The van der Waals surface area contributed by atoms with Crippen LogP contribution >= 0.6 is 24.0 Å². The first-order valence-corrected chi connectivity index (χ1v) is 13.3. The Morgan fingerprint density at radius 1 is 1.03 bits per heavy atom. The first-order chi connectivity index (χ1) is 17.9. The van der Waals surface area contributed by atoms with E-state index in [0.29, 0.717) is 32.8 Å². The molecule has 0 radical (unpaired) electrons. The number of thioether (sulfide) groups is 1. The van der Waals surface area contributed by atoms with Gasteiger partial charge in [-0.05, 0) is 49.1 Å². The van der Waals surface area contributed by atoms with Crippen molar-refractivity contribution in [2.45, 2.75) is 26.3 Å². The SMILES string of the molecule is Cc1ccc2nc(NCCc3ccccc3)c(C=C3SC(=S)N(C(C)c4ccccc4)C3=O)c(=O)n2c1. The molecule has 0 bridgehead atoms. The molecule has 0 aliphatic carbocycles. The van der Waals surface area contributed by atoms with Gasteiger partial charge in [-0.2, -0.15) is 0 Å². The van der Waals surface area contributed by atoms with Crippen LogP contribution in [-0.2, 0) is 11.2 Å². The van der Waals surface area contributed by atoms with Gasteiger partial charge in [0.25, 0.3) is 11.5 Å². The summed E-state index contributed by atoms with van der Waals surface area (Å²) in [7, 11) is 0. The van der Waals surface area contributed by atoms with Crippen LogP contribution in [-0.4, -0.2) is 31.1 Å². The Kier molecular flexibility index (Phi) is 7.21.